The summed E-state index contributed by atoms with van der Waals surface area (Å²) in [6.45, 7) is 0.540. The second-order valence-corrected chi connectivity index (χ2v) is 5.38. The summed E-state index contributed by atoms with van der Waals surface area (Å²) in [5, 5.41) is 2.84. The molecule has 1 heterocycles. The van der Waals surface area contributed by atoms with E-state index in [0.717, 1.165) is 10.6 Å². The lowest BCUT2D eigenvalue weighted by Gasteiger charge is -2.18. The van der Waals surface area contributed by atoms with Crippen LogP contribution in [0.25, 0.3) is 0 Å². The lowest BCUT2D eigenvalue weighted by Crippen LogP contribution is -2.29. The van der Waals surface area contributed by atoms with Crippen LogP contribution in [0.1, 0.15) is 23.0 Å². The van der Waals surface area contributed by atoms with E-state index in [1.807, 2.05) is 35.7 Å². The number of hydrogen-bond acceptors (Lipinski definition) is 4. The first-order valence-corrected chi connectivity index (χ1v) is 6.97. The molecule has 0 radical (unpaired) electrons. The van der Waals surface area contributed by atoms with Crippen molar-refractivity contribution in [1.29, 1.82) is 0 Å². The molecule has 1 unspecified atom stereocenters. The maximum atomic E-state index is 12.1. The van der Waals surface area contributed by atoms with Crippen molar-refractivity contribution in [3.63, 3.8) is 0 Å². The van der Waals surface area contributed by atoms with Gasteiger partial charge in [-0.3, -0.25) is 4.79 Å². The summed E-state index contributed by atoms with van der Waals surface area (Å²) < 4.78 is 0. The molecule has 0 bridgehead atoms. The Morgan fingerprint density at radius 1 is 1.42 bits per heavy atom. The Morgan fingerprint density at radius 2 is 2.16 bits per heavy atom. The van der Waals surface area contributed by atoms with Crippen LogP contribution in [0.4, 0.5) is 0 Å². The van der Waals surface area contributed by atoms with Crippen molar-refractivity contribution >= 4 is 17.2 Å². The van der Waals surface area contributed by atoms with E-state index in [4.69, 9.17) is 5.73 Å². The number of hydrogen-bond donors (Lipinski definition) is 1. The average molecular weight is 275 g/mol. The van der Waals surface area contributed by atoms with Crippen LogP contribution < -0.4 is 5.73 Å². The van der Waals surface area contributed by atoms with Gasteiger partial charge < -0.3 is 10.6 Å². The molecule has 0 saturated carbocycles. The molecule has 1 aromatic heterocycles. The highest BCUT2D eigenvalue weighted by Gasteiger charge is 2.15. The number of carbonyl (C=O) groups excluding carboxylic acids is 1. The quantitative estimate of drug-likeness (QED) is 0.910. The zero-order chi connectivity index (χ0) is 13.7. The number of rotatable bonds is 5. The third-order valence-electron chi connectivity index (χ3n) is 2.90. The number of benzene rings is 1. The molecule has 2 aromatic rings. The van der Waals surface area contributed by atoms with Gasteiger partial charge >= 0.3 is 0 Å². The first-order chi connectivity index (χ1) is 9.16. The molecule has 1 aromatic carbocycles. The number of aromatic nitrogens is 1. The first-order valence-electron chi connectivity index (χ1n) is 6.09. The molecule has 2 rings (SSSR count). The number of nitrogens with two attached hydrogens (primary N) is 1. The van der Waals surface area contributed by atoms with Gasteiger partial charge in [0.2, 0.25) is 5.91 Å². The number of nitrogens with zero attached hydrogens (tertiary/aromatic N) is 2. The topological polar surface area (TPSA) is 59.2 Å². The van der Waals surface area contributed by atoms with Gasteiger partial charge in [-0.15, -0.1) is 11.3 Å². The van der Waals surface area contributed by atoms with Crippen molar-refractivity contribution in [3.05, 3.63) is 52.5 Å². The fourth-order valence-corrected chi connectivity index (χ4v) is 2.45. The predicted molar refractivity (Wildman–Crippen MR) is 76.6 cm³/mol. The summed E-state index contributed by atoms with van der Waals surface area (Å²) in [6, 6.07) is 9.43. The lowest BCUT2D eigenvalue weighted by atomic mass is 10.0. The molecule has 0 aliphatic rings. The van der Waals surface area contributed by atoms with E-state index in [-0.39, 0.29) is 11.9 Å². The van der Waals surface area contributed by atoms with Gasteiger partial charge in [0.05, 0.1) is 6.54 Å². The van der Waals surface area contributed by atoms with Gasteiger partial charge in [0.25, 0.3) is 0 Å². The average Bonchev–Trinajstić information content (AvgIpc) is 2.92. The van der Waals surface area contributed by atoms with E-state index in [1.54, 1.807) is 29.5 Å². The van der Waals surface area contributed by atoms with Crippen LogP contribution in [0, 0.1) is 0 Å². The second-order valence-electron chi connectivity index (χ2n) is 4.40. The summed E-state index contributed by atoms with van der Waals surface area (Å²) >= 11 is 1.55. The Balaban J connectivity index is 1.90. The van der Waals surface area contributed by atoms with Crippen LogP contribution in [0.3, 0.4) is 0 Å². The SMILES string of the molecule is CN(Cc1nccs1)C(=O)CC(N)c1ccccc1. The molecular weight excluding hydrogens is 258 g/mol. The Kier molecular flexibility index (Phi) is 4.65. The van der Waals surface area contributed by atoms with E-state index in [2.05, 4.69) is 4.98 Å². The fraction of sp³-hybridized carbons (Fsp3) is 0.286. The van der Waals surface area contributed by atoms with Crippen molar-refractivity contribution in [2.24, 2.45) is 5.73 Å². The molecule has 0 aliphatic heterocycles. The smallest absolute Gasteiger partial charge is 0.224 e. The van der Waals surface area contributed by atoms with Crippen LogP contribution in [0.15, 0.2) is 41.9 Å². The standard InChI is InChI=1S/C14H17N3OS/c1-17(10-13-16-7-8-19-13)14(18)9-12(15)11-5-3-2-4-6-11/h2-8,12H,9-10,15H2,1H3. The zero-order valence-electron chi connectivity index (χ0n) is 10.8. The summed E-state index contributed by atoms with van der Waals surface area (Å²) in [6.07, 6.45) is 2.06. The summed E-state index contributed by atoms with van der Waals surface area (Å²) in [4.78, 5) is 17.9. The van der Waals surface area contributed by atoms with Gasteiger partial charge in [-0.25, -0.2) is 4.98 Å². The molecule has 0 saturated heterocycles. The highest BCUT2D eigenvalue weighted by atomic mass is 32.1. The molecule has 1 amide bonds. The second kappa shape index (κ2) is 6.45. The van der Waals surface area contributed by atoms with Crippen molar-refractivity contribution < 1.29 is 4.79 Å². The summed E-state index contributed by atoms with van der Waals surface area (Å²) in [7, 11) is 1.78. The van der Waals surface area contributed by atoms with Crippen LogP contribution in [0.5, 0.6) is 0 Å². The van der Waals surface area contributed by atoms with E-state index < -0.39 is 0 Å². The molecular formula is C14H17N3OS. The maximum absolute atomic E-state index is 12.1. The number of amides is 1. The third-order valence-corrected chi connectivity index (χ3v) is 3.67. The number of carbonyl (C=O) groups is 1. The molecule has 19 heavy (non-hydrogen) atoms. The van der Waals surface area contributed by atoms with Gasteiger partial charge in [-0.2, -0.15) is 0 Å². The van der Waals surface area contributed by atoms with Crippen molar-refractivity contribution in [2.45, 2.75) is 19.0 Å². The number of thiazole rings is 1. The highest BCUT2D eigenvalue weighted by Crippen LogP contribution is 2.15. The van der Waals surface area contributed by atoms with Gasteiger partial charge in [-0.05, 0) is 5.56 Å². The molecule has 100 valence electrons. The lowest BCUT2D eigenvalue weighted by molar-refractivity contribution is -0.130. The summed E-state index contributed by atoms with van der Waals surface area (Å²) in [5.74, 6) is 0.0338. The van der Waals surface area contributed by atoms with Crippen LogP contribution in [-0.4, -0.2) is 22.8 Å². The monoisotopic (exact) mass is 275 g/mol. The van der Waals surface area contributed by atoms with Crippen molar-refractivity contribution in [2.75, 3.05) is 7.05 Å². The van der Waals surface area contributed by atoms with Crippen molar-refractivity contribution in [1.82, 2.24) is 9.88 Å². The van der Waals surface area contributed by atoms with Crippen LogP contribution >= 0.6 is 11.3 Å². The first kappa shape index (κ1) is 13.7. The minimum atomic E-state index is -0.257. The zero-order valence-corrected chi connectivity index (χ0v) is 11.6. The van der Waals surface area contributed by atoms with Crippen LogP contribution in [-0.2, 0) is 11.3 Å². The Labute approximate surface area is 116 Å². The summed E-state index contributed by atoms with van der Waals surface area (Å²) in [5.41, 5.74) is 7.03. The predicted octanol–water partition coefficient (Wildman–Crippen LogP) is 2.19. The van der Waals surface area contributed by atoms with Crippen molar-refractivity contribution in [3.8, 4) is 0 Å². The van der Waals surface area contributed by atoms with E-state index in [9.17, 15) is 4.79 Å². The Bertz CT molecular complexity index is 513. The van der Waals surface area contributed by atoms with E-state index in [0.29, 0.717) is 13.0 Å². The van der Waals surface area contributed by atoms with Gasteiger partial charge in [-0.1, -0.05) is 30.3 Å². The fourth-order valence-electron chi connectivity index (χ4n) is 1.78. The Hall–Kier alpha value is -1.72. The minimum Gasteiger partial charge on any atom is -0.339 e. The maximum Gasteiger partial charge on any atom is 0.224 e. The normalized spacial score (nSPS) is 12.1. The largest absolute Gasteiger partial charge is 0.339 e. The molecule has 4 nitrogen and oxygen atoms in total. The molecule has 1 atom stereocenters. The third kappa shape index (κ3) is 3.87. The van der Waals surface area contributed by atoms with Gasteiger partial charge in [0, 0.05) is 31.1 Å². The molecule has 0 spiro atoms. The van der Waals surface area contributed by atoms with Gasteiger partial charge in [0.15, 0.2) is 0 Å². The van der Waals surface area contributed by atoms with Gasteiger partial charge in [0.1, 0.15) is 5.01 Å². The molecule has 2 N–H and O–H groups in total. The molecule has 0 aliphatic carbocycles. The van der Waals surface area contributed by atoms with E-state index in [1.165, 1.54) is 0 Å². The minimum absolute atomic E-state index is 0.0338. The molecule has 5 heteroatoms. The molecule has 0 fully saturated rings. The van der Waals surface area contributed by atoms with Crippen LogP contribution in [0.2, 0.25) is 0 Å². The highest BCUT2D eigenvalue weighted by molar-refractivity contribution is 7.09. The van der Waals surface area contributed by atoms with E-state index >= 15 is 0 Å². The Morgan fingerprint density at radius 3 is 2.79 bits per heavy atom.